The van der Waals surface area contributed by atoms with Crippen LogP contribution >= 0.6 is 0 Å². The van der Waals surface area contributed by atoms with E-state index >= 15 is 0 Å². The first-order valence-corrected chi connectivity index (χ1v) is 8.09. The molecule has 4 heterocycles. The van der Waals surface area contributed by atoms with Gasteiger partial charge in [0.15, 0.2) is 17.4 Å². The largest absolute Gasteiger partial charge is 0.490 e. The van der Waals surface area contributed by atoms with E-state index in [1.54, 1.807) is 12.5 Å². The highest BCUT2D eigenvalue weighted by Gasteiger charge is 2.23. The van der Waals surface area contributed by atoms with E-state index in [1.807, 2.05) is 35.9 Å². The fourth-order valence-corrected chi connectivity index (χ4v) is 2.99. The zero-order valence-corrected chi connectivity index (χ0v) is 13.5. The highest BCUT2D eigenvalue weighted by Crippen LogP contribution is 2.27. The van der Waals surface area contributed by atoms with Gasteiger partial charge in [-0.3, -0.25) is 4.40 Å². The molecule has 24 heavy (non-hydrogen) atoms. The Hall–Kier alpha value is -2.90. The molecule has 0 spiro atoms. The molecule has 0 aliphatic carbocycles. The van der Waals surface area contributed by atoms with Gasteiger partial charge >= 0.3 is 0 Å². The first-order chi connectivity index (χ1) is 11.9. The summed E-state index contributed by atoms with van der Waals surface area (Å²) in [4.78, 5) is 13.5. The number of ether oxygens (including phenoxy) is 1. The van der Waals surface area contributed by atoms with Crippen molar-refractivity contribution in [1.82, 2.24) is 24.6 Å². The third-order valence-corrected chi connectivity index (χ3v) is 4.13. The fourth-order valence-electron chi connectivity index (χ4n) is 2.99. The van der Waals surface area contributed by atoms with Crippen LogP contribution in [0.25, 0.3) is 5.65 Å². The van der Waals surface area contributed by atoms with Crippen LogP contribution in [0.5, 0.6) is 5.75 Å². The fraction of sp³-hybridized carbons (Fsp3) is 0.375. The second-order valence-electron chi connectivity index (χ2n) is 5.54. The number of hydrogen-bond acceptors (Lipinski definition) is 7. The molecule has 1 fully saturated rings. The van der Waals surface area contributed by atoms with E-state index in [1.165, 1.54) is 0 Å². The summed E-state index contributed by atoms with van der Waals surface area (Å²) in [5, 5.41) is 8.13. The second-order valence-corrected chi connectivity index (χ2v) is 5.54. The third kappa shape index (κ3) is 2.60. The molecule has 0 aromatic carbocycles. The Morgan fingerprint density at radius 1 is 1.04 bits per heavy atom. The first kappa shape index (κ1) is 14.7. The molecule has 1 aliphatic heterocycles. The van der Waals surface area contributed by atoms with Crippen molar-refractivity contribution in [2.75, 3.05) is 42.6 Å². The van der Waals surface area contributed by atoms with Crippen molar-refractivity contribution in [3.05, 3.63) is 37.1 Å². The maximum absolute atomic E-state index is 5.70. The number of pyridine rings is 1. The van der Waals surface area contributed by atoms with Crippen LogP contribution in [0.2, 0.25) is 0 Å². The van der Waals surface area contributed by atoms with Crippen molar-refractivity contribution in [3.8, 4) is 5.75 Å². The Kier molecular flexibility index (Phi) is 3.86. The van der Waals surface area contributed by atoms with Crippen LogP contribution in [0.1, 0.15) is 6.92 Å². The number of hydrogen-bond donors (Lipinski definition) is 0. The molecule has 1 aliphatic rings. The number of rotatable bonds is 4. The lowest BCUT2D eigenvalue weighted by Gasteiger charge is -2.36. The quantitative estimate of drug-likeness (QED) is 0.715. The molecule has 0 atom stereocenters. The van der Waals surface area contributed by atoms with E-state index < -0.39 is 0 Å². The molecule has 124 valence electrons. The smallest absolute Gasteiger partial charge is 0.203 e. The van der Waals surface area contributed by atoms with Gasteiger partial charge in [0.05, 0.1) is 6.61 Å². The highest BCUT2D eigenvalue weighted by molar-refractivity contribution is 5.64. The predicted molar refractivity (Wildman–Crippen MR) is 90.6 cm³/mol. The Morgan fingerprint density at radius 2 is 1.79 bits per heavy atom. The molecule has 0 amide bonds. The standard InChI is InChI=1S/C16H19N7O/c1-2-24-13-4-3-5-17-14(13)21-8-10-22(11-9-21)15-16-20-19-12-23(16)7-6-18-15/h3-7,12H,2,8-11H2,1H3. The molecule has 0 radical (unpaired) electrons. The molecule has 3 aromatic heterocycles. The summed E-state index contributed by atoms with van der Waals surface area (Å²) >= 11 is 0. The molecule has 0 bridgehead atoms. The summed E-state index contributed by atoms with van der Waals surface area (Å²) in [6.45, 7) is 6.03. The number of fused-ring (bicyclic) bond motifs is 1. The van der Waals surface area contributed by atoms with Crippen LogP contribution in [-0.4, -0.2) is 57.4 Å². The molecule has 1 saturated heterocycles. The third-order valence-electron chi connectivity index (χ3n) is 4.13. The van der Waals surface area contributed by atoms with Gasteiger partial charge in [-0.05, 0) is 19.1 Å². The SMILES string of the molecule is CCOc1cccnc1N1CCN(c2nccn3cnnc23)CC1. The lowest BCUT2D eigenvalue weighted by molar-refractivity contribution is 0.338. The topological polar surface area (TPSA) is 71.7 Å². The lowest BCUT2D eigenvalue weighted by atomic mass is 10.3. The maximum Gasteiger partial charge on any atom is 0.203 e. The highest BCUT2D eigenvalue weighted by atomic mass is 16.5. The van der Waals surface area contributed by atoms with Crippen molar-refractivity contribution in [1.29, 1.82) is 0 Å². The Labute approximate surface area is 139 Å². The Bertz CT molecular complexity index is 826. The predicted octanol–water partition coefficient (Wildman–Crippen LogP) is 1.24. The molecular formula is C16H19N7O. The molecule has 4 rings (SSSR count). The molecule has 0 unspecified atom stereocenters. The molecule has 0 N–H and O–H groups in total. The van der Waals surface area contributed by atoms with Crippen LogP contribution in [0.15, 0.2) is 37.1 Å². The zero-order valence-electron chi connectivity index (χ0n) is 13.5. The Balaban J connectivity index is 1.52. The average molecular weight is 325 g/mol. The van der Waals surface area contributed by atoms with E-state index in [2.05, 4.69) is 30.0 Å². The molecule has 8 heteroatoms. The summed E-state index contributed by atoms with van der Waals surface area (Å²) in [5.41, 5.74) is 0.791. The van der Waals surface area contributed by atoms with Gasteiger partial charge < -0.3 is 14.5 Å². The number of anilines is 2. The number of piperazine rings is 1. The minimum atomic E-state index is 0.636. The Morgan fingerprint density at radius 3 is 2.58 bits per heavy atom. The van der Waals surface area contributed by atoms with E-state index in [-0.39, 0.29) is 0 Å². The van der Waals surface area contributed by atoms with Gasteiger partial charge in [0.25, 0.3) is 0 Å². The van der Waals surface area contributed by atoms with Crippen LogP contribution in [0, 0.1) is 0 Å². The van der Waals surface area contributed by atoms with E-state index in [4.69, 9.17) is 4.74 Å². The maximum atomic E-state index is 5.70. The van der Waals surface area contributed by atoms with Crippen molar-refractivity contribution in [2.24, 2.45) is 0 Å². The lowest BCUT2D eigenvalue weighted by Crippen LogP contribution is -2.47. The minimum absolute atomic E-state index is 0.636. The van der Waals surface area contributed by atoms with E-state index in [0.29, 0.717) is 6.61 Å². The zero-order chi connectivity index (χ0) is 16.4. The monoisotopic (exact) mass is 325 g/mol. The van der Waals surface area contributed by atoms with Crippen LogP contribution in [0.3, 0.4) is 0 Å². The molecular weight excluding hydrogens is 306 g/mol. The van der Waals surface area contributed by atoms with Crippen LogP contribution in [-0.2, 0) is 0 Å². The second kappa shape index (κ2) is 6.31. The van der Waals surface area contributed by atoms with Gasteiger partial charge in [0.1, 0.15) is 6.33 Å². The molecule has 3 aromatic rings. The number of nitrogens with zero attached hydrogens (tertiary/aromatic N) is 7. The van der Waals surface area contributed by atoms with E-state index in [0.717, 1.165) is 49.2 Å². The van der Waals surface area contributed by atoms with Gasteiger partial charge in [0, 0.05) is 44.8 Å². The van der Waals surface area contributed by atoms with Crippen LogP contribution < -0.4 is 14.5 Å². The van der Waals surface area contributed by atoms with Gasteiger partial charge in [-0.15, -0.1) is 10.2 Å². The van der Waals surface area contributed by atoms with E-state index in [9.17, 15) is 0 Å². The molecule has 8 nitrogen and oxygen atoms in total. The summed E-state index contributed by atoms with van der Waals surface area (Å²) in [5.74, 6) is 2.62. The van der Waals surface area contributed by atoms with Crippen molar-refractivity contribution in [3.63, 3.8) is 0 Å². The van der Waals surface area contributed by atoms with Crippen LogP contribution in [0.4, 0.5) is 11.6 Å². The van der Waals surface area contributed by atoms with Gasteiger partial charge in [-0.2, -0.15) is 0 Å². The van der Waals surface area contributed by atoms with Gasteiger partial charge in [-0.1, -0.05) is 0 Å². The summed E-state index contributed by atoms with van der Waals surface area (Å²) in [6, 6.07) is 3.87. The average Bonchev–Trinajstić information content (AvgIpc) is 3.11. The van der Waals surface area contributed by atoms with Crippen molar-refractivity contribution < 1.29 is 4.74 Å². The number of aromatic nitrogens is 5. The minimum Gasteiger partial charge on any atom is -0.490 e. The summed E-state index contributed by atoms with van der Waals surface area (Å²) in [7, 11) is 0. The molecule has 0 saturated carbocycles. The van der Waals surface area contributed by atoms with Crippen molar-refractivity contribution >= 4 is 17.3 Å². The van der Waals surface area contributed by atoms with Gasteiger partial charge in [0.2, 0.25) is 5.65 Å². The first-order valence-electron chi connectivity index (χ1n) is 8.09. The summed E-state index contributed by atoms with van der Waals surface area (Å²) in [6.07, 6.45) is 7.14. The van der Waals surface area contributed by atoms with Crippen molar-refractivity contribution in [2.45, 2.75) is 6.92 Å². The summed E-state index contributed by atoms with van der Waals surface area (Å²) < 4.78 is 7.59. The normalized spacial score (nSPS) is 15.0. The van der Waals surface area contributed by atoms with Gasteiger partial charge in [-0.25, -0.2) is 9.97 Å².